The van der Waals surface area contributed by atoms with Gasteiger partial charge in [0.25, 0.3) is 5.91 Å². The fraction of sp³-hybridized carbons (Fsp3) is 0.343. The predicted molar refractivity (Wildman–Crippen MR) is 167 cm³/mol. The summed E-state index contributed by atoms with van der Waals surface area (Å²) in [6.07, 6.45) is 0.348. The Morgan fingerprint density at radius 1 is 0.867 bits per heavy atom. The van der Waals surface area contributed by atoms with Crippen molar-refractivity contribution in [3.8, 4) is 0 Å². The minimum atomic E-state index is -1.14. The molecule has 10 nitrogen and oxygen atoms in total. The van der Waals surface area contributed by atoms with E-state index in [1.54, 1.807) is 49.4 Å². The minimum absolute atomic E-state index is 0.0708. The van der Waals surface area contributed by atoms with Gasteiger partial charge in [-0.15, -0.1) is 0 Å². The standard InChI is InChI=1S/C35H39N3O7/c1-3-44-34(42)30-20-13-21-37(30)33(41)25(2)38(35(43)45-24-27-16-9-5-10-17-27)23-31(39)29(22-26-14-7-4-8-15-26)36-32(40)28-18-11-6-12-19-28/h4-12,14-19,25,29-30H,3,13,20-24H2,1-2H3,(H,36,40)/t25-,29?,30-/m0/s1. The lowest BCUT2D eigenvalue weighted by Gasteiger charge is -2.33. The number of benzene rings is 3. The SMILES string of the molecule is CCOC(=O)[C@@H]1CCCN1C(=O)[C@H](C)N(CC(=O)C(Cc1ccccc1)NC(=O)c1ccccc1)C(=O)OCc1ccccc1. The van der Waals surface area contributed by atoms with E-state index in [0.717, 1.165) is 16.0 Å². The van der Waals surface area contributed by atoms with E-state index >= 15 is 0 Å². The summed E-state index contributed by atoms with van der Waals surface area (Å²) in [5.41, 5.74) is 1.92. The number of carbonyl (C=O) groups is 5. The molecule has 236 valence electrons. The number of Topliss-reactive ketones (excluding diaryl/α,β-unsaturated/α-hetero) is 1. The number of amides is 3. The smallest absolute Gasteiger partial charge is 0.411 e. The van der Waals surface area contributed by atoms with Crippen molar-refractivity contribution in [1.29, 1.82) is 0 Å². The van der Waals surface area contributed by atoms with E-state index in [0.29, 0.717) is 24.9 Å². The fourth-order valence-electron chi connectivity index (χ4n) is 5.25. The molecule has 3 aromatic carbocycles. The van der Waals surface area contributed by atoms with Gasteiger partial charge in [-0.2, -0.15) is 0 Å². The van der Waals surface area contributed by atoms with E-state index in [1.807, 2.05) is 48.5 Å². The monoisotopic (exact) mass is 613 g/mol. The summed E-state index contributed by atoms with van der Waals surface area (Å²) in [7, 11) is 0. The largest absolute Gasteiger partial charge is 0.464 e. The van der Waals surface area contributed by atoms with Gasteiger partial charge >= 0.3 is 12.1 Å². The van der Waals surface area contributed by atoms with Gasteiger partial charge in [-0.1, -0.05) is 78.9 Å². The van der Waals surface area contributed by atoms with Gasteiger partial charge in [-0.25, -0.2) is 9.59 Å². The van der Waals surface area contributed by atoms with Crippen LogP contribution in [0.25, 0.3) is 0 Å². The average Bonchev–Trinajstić information content (AvgIpc) is 3.57. The third-order valence-corrected chi connectivity index (χ3v) is 7.70. The lowest BCUT2D eigenvalue weighted by Crippen LogP contribution is -2.55. The number of nitrogens with zero attached hydrogens (tertiary/aromatic N) is 2. The summed E-state index contributed by atoms with van der Waals surface area (Å²) in [4.78, 5) is 69.5. The lowest BCUT2D eigenvalue weighted by molar-refractivity contribution is -0.154. The molecular formula is C35H39N3O7. The zero-order valence-corrected chi connectivity index (χ0v) is 25.6. The third-order valence-electron chi connectivity index (χ3n) is 7.70. The number of ketones is 1. The zero-order valence-electron chi connectivity index (χ0n) is 25.6. The molecule has 1 N–H and O–H groups in total. The van der Waals surface area contributed by atoms with E-state index in [2.05, 4.69) is 5.32 Å². The maximum atomic E-state index is 13.9. The zero-order chi connectivity index (χ0) is 32.2. The molecule has 0 saturated carbocycles. The van der Waals surface area contributed by atoms with Gasteiger partial charge in [0.1, 0.15) is 18.7 Å². The second kappa shape index (κ2) is 16.2. The maximum Gasteiger partial charge on any atom is 0.411 e. The molecule has 1 fully saturated rings. The molecule has 0 spiro atoms. The fourth-order valence-corrected chi connectivity index (χ4v) is 5.25. The Bertz CT molecular complexity index is 1450. The molecule has 3 aromatic rings. The molecule has 3 atom stereocenters. The second-order valence-electron chi connectivity index (χ2n) is 10.8. The number of hydrogen-bond acceptors (Lipinski definition) is 7. The van der Waals surface area contributed by atoms with Gasteiger partial charge < -0.3 is 19.7 Å². The van der Waals surface area contributed by atoms with E-state index in [-0.39, 0.29) is 19.6 Å². The molecule has 0 bridgehead atoms. The number of nitrogens with one attached hydrogen (secondary N) is 1. The highest BCUT2D eigenvalue weighted by Gasteiger charge is 2.40. The predicted octanol–water partition coefficient (Wildman–Crippen LogP) is 4.18. The molecule has 0 aliphatic carbocycles. The molecule has 1 saturated heterocycles. The van der Waals surface area contributed by atoms with Crippen LogP contribution in [0.5, 0.6) is 0 Å². The normalized spacial score (nSPS) is 15.4. The van der Waals surface area contributed by atoms with Crippen LogP contribution < -0.4 is 5.32 Å². The first kappa shape index (κ1) is 32.9. The highest BCUT2D eigenvalue weighted by atomic mass is 16.6. The summed E-state index contributed by atoms with van der Waals surface area (Å²) < 4.78 is 10.7. The minimum Gasteiger partial charge on any atom is -0.464 e. The van der Waals surface area contributed by atoms with Crippen LogP contribution in [0.1, 0.15) is 48.2 Å². The first-order chi connectivity index (χ1) is 21.8. The topological polar surface area (TPSA) is 122 Å². The van der Waals surface area contributed by atoms with E-state index in [9.17, 15) is 24.0 Å². The Balaban J connectivity index is 1.58. The van der Waals surface area contributed by atoms with Crippen LogP contribution in [-0.2, 0) is 36.9 Å². The Morgan fingerprint density at radius 3 is 2.09 bits per heavy atom. The first-order valence-electron chi connectivity index (χ1n) is 15.2. The number of hydrogen-bond donors (Lipinski definition) is 1. The van der Waals surface area contributed by atoms with E-state index in [4.69, 9.17) is 9.47 Å². The van der Waals surface area contributed by atoms with Crippen LogP contribution in [0, 0.1) is 0 Å². The molecule has 0 radical (unpaired) electrons. The summed E-state index contributed by atoms with van der Waals surface area (Å²) >= 11 is 0. The molecule has 1 heterocycles. The van der Waals surface area contributed by atoms with Gasteiger partial charge in [0, 0.05) is 12.1 Å². The first-order valence-corrected chi connectivity index (χ1v) is 15.2. The number of esters is 1. The van der Waals surface area contributed by atoms with Crippen LogP contribution in [0.15, 0.2) is 91.0 Å². The molecule has 4 rings (SSSR count). The Labute approximate surface area is 263 Å². The van der Waals surface area contributed by atoms with Gasteiger partial charge in [0.05, 0.1) is 19.2 Å². The molecule has 1 aliphatic rings. The van der Waals surface area contributed by atoms with Crippen molar-refractivity contribution in [3.63, 3.8) is 0 Å². The Kier molecular flexibility index (Phi) is 11.8. The van der Waals surface area contributed by atoms with Crippen molar-refractivity contribution in [2.24, 2.45) is 0 Å². The van der Waals surface area contributed by atoms with Crippen molar-refractivity contribution in [1.82, 2.24) is 15.1 Å². The van der Waals surface area contributed by atoms with Crippen LogP contribution >= 0.6 is 0 Å². The summed E-state index contributed by atoms with van der Waals surface area (Å²) in [5.74, 6) is -1.93. The lowest BCUT2D eigenvalue weighted by atomic mass is 10.0. The van der Waals surface area contributed by atoms with E-state index < -0.39 is 54.3 Å². The average molecular weight is 614 g/mol. The van der Waals surface area contributed by atoms with Crippen LogP contribution in [-0.4, -0.2) is 77.3 Å². The van der Waals surface area contributed by atoms with Crippen molar-refractivity contribution < 1.29 is 33.4 Å². The molecule has 3 amide bonds. The number of likely N-dealkylation sites (tertiary alicyclic amines) is 1. The molecule has 1 unspecified atom stereocenters. The molecule has 0 aromatic heterocycles. The molecule has 1 aliphatic heterocycles. The van der Waals surface area contributed by atoms with Crippen molar-refractivity contribution >= 4 is 29.7 Å². The van der Waals surface area contributed by atoms with Crippen LogP contribution in [0.2, 0.25) is 0 Å². The number of ether oxygens (including phenoxy) is 2. The number of carbonyl (C=O) groups excluding carboxylic acids is 5. The summed E-state index contributed by atoms with van der Waals surface area (Å²) in [5, 5.41) is 2.82. The highest BCUT2D eigenvalue weighted by molar-refractivity contribution is 5.99. The van der Waals surface area contributed by atoms with Gasteiger partial charge in [-0.05, 0) is 56.4 Å². The quantitative estimate of drug-likeness (QED) is 0.287. The highest BCUT2D eigenvalue weighted by Crippen LogP contribution is 2.22. The van der Waals surface area contributed by atoms with Gasteiger partial charge in [-0.3, -0.25) is 19.3 Å². The van der Waals surface area contributed by atoms with Crippen molar-refractivity contribution in [2.75, 3.05) is 19.7 Å². The molecule has 10 heteroatoms. The third kappa shape index (κ3) is 9.01. The van der Waals surface area contributed by atoms with Gasteiger partial charge in [0.15, 0.2) is 5.78 Å². The molecule has 45 heavy (non-hydrogen) atoms. The van der Waals surface area contributed by atoms with Crippen LogP contribution in [0.3, 0.4) is 0 Å². The maximum absolute atomic E-state index is 13.9. The van der Waals surface area contributed by atoms with Gasteiger partial charge in [0.2, 0.25) is 5.91 Å². The number of rotatable bonds is 13. The van der Waals surface area contributed by atoms with Crippen molar-refractivity contribution in [2.45, 2.75) is 57.8 Å². The Hall–Kier alpha value is -4.99. The van der Waals surface area contributed by atoms with E-state index in [1.165, 1.54) is 11.8 Å². The second-order valence-corrected chi connectivity index (χ2v) is 10.8. The van der Waals surface area contributed by atoms with Crippen molar-refractivity contribution in [3.05, 3.63) is 108 Å². The summed E-state index contributed by atoms with van der Waals surface area (Å²) in [6.45, 7) is 3.12. The summed E-state index contributed by atoms with van der Waals surface area (Å²) in [6, 6.07) is 23.8. The molecular weight excluding hydrogens is 574 g/mol. The Morgan fingerprint density at radius 2 is 1.47 bits per heavy atom. The van der Waals surface area contributed by atoms with Crippen LogP contribution in [0.4, 0.5) is 4.79 Å².